The maximum Gasteiger partial charge on any atom is 0.140 e. The van der Waals surface area contributed by atoms with Crippen molar-refractivity contribution in [3.8, 4) is 0 Å². The van der Waals surface area contributed by atoms with Gasteiger partial charge in [-0.1, -0.05) is 17.2 Å². The van der Waals surface area contributed by atoms with Gasteiger partial charge in [-0.05, 0) is 32.3 Å². The van der Waals surface area contributed by atoms with E-state index < -0.39 is 0 Å². The minimum Gasteiger partial charge on any atom is -0.205 e. The van der Waals surface area contributed by atoms with Crippen LogP contribution in [-0.4, -0.2) is 0 Å². The maximum absolute atomic E-state index is 12.9. The average molecular weight is 161 g/mol. The lowest BCUT2D eigenvalue weighted by Crippen LogP contribution is -1.95. The Bertz CT molecular complexity index is 189. The molecule has 0 saturated carbocycles. The van der Waals surface area contributed by atoms with E-state index in [9.17, 15) is 4.39 Å². The van der Waals surface area contributed by atoms with Crippen molar-refractivity contribution in [2.45, 2.75) is 26.7 Å². The van der Waals surface area contributed by atoms with Crippen LogP contribution in [0.1, 0.15) is 26.7 Å². The van der Waals surface area contributed by atoms with Crippen LogP contribution >= 0.6 is 11.6 Å². The molecule has 1 aliphatic carbocycles. The quantitative estimate of drug-likeness (QED) is 0.509. The fourth-order valence-corrected chi connectivity index (χ4v) is 1.22. The van der Waals surface area contributed by atoms with Gasteiger partial charge in [0.1, 0.15) is 5.83 Å². The summed E-state index contributed by atoms with van der Waals surface area (Å²) < 4.78 is 12.9. The first-order valence-corrected chi connectivity index (χ1v) is 3.71. The maximum atomic E-state index is 12.9. The van der Waals surface area contributed by atoms with Crippen LogP contribution in [-0.2, 0) is 0 Å². The molecule has 0 amide bonds. The second kappa shape index (κ2) is 2.75. The first kappa shape index (κ1) is 7.80. The molecule has 0 saturated heterocycles. The van der Waals surface area contributed by atoms with Gasteiger partial charge < -0.3 is 0 Å². The molecule has 0 spiro atoms. The Labute approximate surface area is 65.4 Å². The summed E-state index contributed by atoms with van der Waals surface area (Å²) in [6.45, 7) is 3.65. The summed E-state index contributed by atoms with van der Waals surface area (Å²) in [5.41, 5.74) is 1.74. The van der Waals surface area contributed by atoms with Gasteiger partial charge in [0.25, 0.3) is 0 Å². The molecule has 56 valence electrons. The van der Waals surface area contributed by atoms with Gasteiger partial charge in [-0.25, -0.2) is 4.39 Å². The van der Waals surface area contributed by atoms with E-state index in [0.717, 1.165) is 24.0 Å². The molecule has 0 radical (unpaired) electrons. The first-order valence-electron chi connectivity index (χ1n) is 3.34. The van der Waals surface area contributed by atoms with Crippen LogP contribution in [0.3, 0.4) is 0 Å². The van der Waals surface area contributed by atoms with Crippen molar-refractivity contribution >= 4 is 11.6 Å². The SMILES string of the molecule is CC1=C(F)C(Cl)=C(C)CC1. The van der Waals surface area contributed by atoms with Crippen LogP contribution < -0.4 is 0 Å². The van der Waals surface area contributed by atoms with E-state index >= 15 is 0 Å². The number of hydrogen-bond donors (Lipinski definition) is 0. The average Bonchev–Trinajstić information content (AvgIpc) is 1.93. The first-order chi connectivity index (χ1) is 4.63. The number of rotatable bonds is 0. The largest absolute Gasteiger partial charge is 0.205 e. The van der Waals surface area contributed by atoms with Gasteiger partial charge in [-0.2, -0.15) is 0 Å². The molecule has 0 unspecified atom stereocenters. The summed E-state index contributed by atoms with van der Waals surface area (Å²) in [6, 6.07) is 0. The molecule has 10 heavy (non-hydrogen) atoms. The van der Waals surface area contributed by atoms with E-state index in [4.69, 9.17) is 11.6 Å². The van der Waals surface area contributed by atoms with Crippen molar-refractivity contribution in [1.29, 1.82) is 0 Å². The summed E-state index contributed by atoms with van der Waals surface area (Å²) in [7, 11) is 0. The van der Waals surface area contributed by atoms with Crippen LogP contribution in [0.4, 0.5) is 4.39 Å². The van der Waals surface area contributed by atoms with Gasteiger partial charge in [0, 0.05) is 0 Å². The predicted molar refractivity (Wildman–Crippen MR) is 41.6 cm³/mol. The Kier molecular flexibility index (Phi) is 2.14. The fraction of sp³-hybridized carbons (Fsp3) is 0.500. The molecule has 1 aliphatic rings. The monoisotopic (exact) mass is 160 g/mol. The number of hydrogen-bond acceptors (Lipinski definition) is 0. The highest BCUT2D eigenvalue weighted by Crippen LogP contribution is 2.32. The molecule has 0 N–H and O–H groups in total. The molecule has 0 fully saturated rings. The lowest BCUT2D eigenvalue weighted by Gasteiger charge is -2.12. The third-order valence-electron chi connectivity index (χ3n) is 1.82. The lowest BCUT2D eigenvalue weighted by molar-refractivity contribution is 0.625. The normalized spacial score (nSPS) is 20.4. The Balaban J connectivity index is 3.01. The standard InChI is InChI=1S/C8H10ClF/c1-5-3-4-6(2)8(10)7(5)9/h3-4H2,1-2H3. The van der Waals surface area contributed by atoms with Crippen LogP contribution in [0.5, 0.6) is 0 Å². The summed E-state index contributed by atoms with van der Waals surface area (Å²) in [5, 5.41) is 0.323. The van der Waals surface area contributed by atoms with Crippen LogP contribution in [0.15, 0.2) is 22.0 Å². The van der Waals surface area contributed by atoms with Crippen molar-refractivity contribution in [3.05, 3.63) is 22.0 Å². The van der Waals surface area contributed by atoms with Gasteiger partial charge in [0.15, 0.2) is 0 Å². The summed E-state index contributed by atoms with van der Waals surface area (Å²) in [5.74, 6) is -0.217. The third-order valence-corrected chi connectivity index (χ3v) is 2.31. The molecule has 1 rings (SSSR count). The zero-order chi connectivity index (χ0) is 7.72. The Morgan fingerprint density at radius 3 is 2.20 bits per heavy atom. The van der Waals surface area contributed by atoms with Crippen LogP contribution in [0.2, 0.25) is 0 Å². The van der Waals surface area contributed by atoms with E-state index in [0.29, 0.717) is 5.03 Å². The smallest absolute Gasteiger partial charge is 0.140 e. The van der Waals surface area contributed by atoms with Crippen molar-refractivity contribution in [2.75, 3.05) is 0 Å². The van der Waals surface area contributed by atoms with Crippen molar-refractivity contribution in [3.63, 3.8) is 0 Å². The molecule has 0 bridgehead atoms. The zero-order valence-electron chi connectivity index (χ0n) is 6.17. The van der Waals surface area contributed by atoms with Gasteiger partial charge in [0.2, 0.25) is 0 Å². The van der Waals surface area contributed by atoms with Gasteiger partial charge >= 0.3 is 0 Å². The second-order valence-corrected chi connectivity index (χ2v) is 3.07. The Hall–Kier alpha value is -0.300. The minimum absolute atomic E-state index is 0.217. The lowest BCUT2D eigenvalue weighted by atomic mass is 10.00. The highest BCUT2D eigenvalue weighted by Gasteiger charge is 2.14. The predicted octanol–water partition coefficient (Wildman–Crippen LogP) is 3.54. The van der Waals surface area contributed by atoms with Crippen molar-refractivity contribution in [2.24, 2.45) is 0 Å². The molecule has 0 nitrogen and oxygen atoms in total. The van der Waals surface area contributed by atoms with Crippen LogP contribution in [0, 0.1) is 0 Å². The van der Waals surface area contributed by atoms with E-state index in [-0.39, 0.29) is 5.83 Å². The van der Waals surface area contributed by atoms with Crippen LogP contribution in [0.25, 0.3) is 0 Å². The summed E-state index contributed by atoms with van der Waals surface area (Å²) in [4.78, 5) is 0. The summed E-state index contributed by atoms with van der Waals surface area (Å²) >= 11 is 5.66. The van der Waals surface area contributed by atoms with E-state index in [1.54, 1.807) is 6.92 Å². The molecule has 0 aromatic carbocycles. The van der Waals surface area contributed by atoms with E-state index in [1.165, 1.54) is 0 Å². The summed E-state index contributed by atoms with van der Waals surface area (Å²) in [6.07, 6.45) is 1.71. The number of halogens is 2. The Morgan fingerprint density at radius 2 is 1.70 bits per heavy atom. The van der Waals surface area contributed by atoms with Gasteiger partial charge in [-0.15, -0.1) is 0 Å². The highest BCUT2D eigenvalue weighted by atomic mass is 35.5. The molecule has 0 atom stereocenters. The highest BCUT2D eigenvalue weighted by molar-refractivity contribution is 6.32. The fourth-order valence-electron chi connectivity index (χ4n) is 0.969. The molecule has 2 heteroatoms. The molecule has 0 aromatic rings. The topological polar surface area (TPSA) is 0 Å². The van der Waals surface area contributed by atoms with E-state index in [1.807, 2.05) is 6.92 Å². The molecule has 0 aromatic heterocycles. The van der Waals surface area contributed by atoms with Gasteiger partial charge in [-0.3, -0.25) is 0 Å². The van der Waals surface area contributed by atoms with Gasteiger partial charge in [0.05, 0.1) is 5.03 Å². The van der Waals surface area contributed by atoms with Crippen molar-refractivity contribution in [1.82, 2.24) is 0 Å². The third kappa shape index (κ3) is 1.24. The van der Waals surface area contributed by atoms with Crippen molar-refractivity contribution < 1.29 is 4.39 Å². The number of allylic oxidation sites excluding steroid dienone is 4. The van der Waals surface area contributed by atoms with E-state index in [2.05, 4.69) is 0 Å². The molecular weight excluding hydrogens is 151 g/mol. The zero-order valence-corrected chi connectivity index (χ0v) is 6.93. The second-order valence-electron chi connectivity index (χ2n) is 2.69. The molecule has 0 heterocycles. The molecule has 0 aliphatic heterocycles. The minimum atomic E-state index is -0.217. The Morgan fingerprint density at radius 1 is 1.20 bits per heavy atom. The molecular formula is C8H10ClF.